The first-order valence-electron chi connectivity index (χ1n) is 4.25. The highest BCUT2D eigenvalue weighted by Gasteiger charge is 2.85. The van der Waals surface area contributed by atoms with Gasteiger partial charge in [0.05, 0.1) is 0 Å². The Labute approximate surface area is 101 Å². The fourth-order valence-electron chi connectivity index (χ4n) is 0.988. The van der Waals surface area contributed by atoms with E-state index < -0.39 is 42.3 Å². The van der Waals surface area contributed by atoms with Crippen molar-refractivity contribution >= 4 is 0 Å². The Bertz CT molecular complexity index is 409. The molecule has 20 heavy (non-hydrogen) atoms. The molecule has 0 unspecified atom stereocenters. The maximum absolute atomic E-state index is 12.9. The van der Waals surface area contributed by atoms with Crippen LogP contribution >= 0.6 is 0 Å². The molecule has 0 saturated heterocycles. The van der Waals surface area contributed by atoms with E-state index in [4.69, 9.17) is 0 Å². The summed E-state index contributed by atoms with van der Waals surface area (Å²) in [7, 11) is 0. The summed E-state index contributed by atoms with van der Waals surface area (Å²) >= 11 is 0. The van der Waals surface area contributed by atoms with Crippen molar-refractivity contribution < 1.29 is 57.8 Å². The first-order chi connectivity index (χ1) is 8.66. The molecule has 1 rings (SSSR count). The second-order valence-electron chi connectivity index (χ2n) is 3.38. The molecule has 13 heteroatoms. The molecular formula is C7HF11O2. The first-order valence-corrected chi connectivity index (χ1v) is 4.25. The van der Waals surface area contributed by atoms with Crippen LogP contribution in [-0.4, -0.2) is 30.2 Å². The van der Waals surface area contributed by atoms with Gasteiger partial charge in [0.15, 0.2) is 0 Å². The van der Waals surface area contributed by atoms with E-state index in [1.807, 2.05) is 0 Å². The van der Waals surface area contributed by atoms with E-state index in [-0.39, 0.29) is 0 Å². The zero-order valence-electron chi connectivity index (χ0n) is 8.55. The Kier molecular flexibility index (Phi) is 3.56. The number of halogens is 11. The van der Waals surface area contributed by atoms with Crippen molar-refractivity contribution in [1.82, 2.24) is 0 Å². The predicted octanol–water partition coefficient (Wildman–Crippen LogP) is 3.89. The molecule has 0 atom stereocenters. The largest absolute Gasteiger partial charge is 0.460 e. The highest BCUT2D eigenvalue weighted by molar-refractivity contribution is 5.05. The number of rotatable bonds is 3. The summed E-state index contributed by atoms with van der Waals surface area (Å²) in [6.45, 7) is 0. The van der Waals surface area contributed by atoms with E-state index in [0.717, 1.165) is 0 Å². The Balaban J connectivity index is 3.14. The highest BCUT2D eigenvalue weighted by Crippen LogP contribution is 2.55. The van der Waals surface area contributed by atoms with Gasteiger partial charge in [0.25, 0.3) is 0 Å². The van der Waals surface area contributed by atoms with Gasteiger partial charge in [-0.2, -0.15) is 48.3 Å². The molecule has 0 aliphatic carbocycles. The van der Waals surface area contributed by atoms with Gasteiger partial charge in [0.1, 0.15) is 0 Å². The number of hydrogen-bond acceptors (Lipinski definition) is 2. The Hall–Kier alpha value is -1.43. The summed E-state index contributed by atoms with van der Waals surface area (Å²) in [4.78, 5) is 0. The van der Waals surface area contributed by atoms with Crippen LogP contribution in [0.25, 0.3) is 0 Å². The van der Waals surface area contributed by atoms with E-state index in [1.165, 1.54) is 0 Å². The average Bonchev–Trinajstić information content (AvgIpc) is 2.57. The zero-order chi connectivity index (χ0) is 16.1. The van der Waals surface area contributed by atoms with Gasteiger partial charge in [0, 0.05) is 0 Å². The maximum atomic E-state index is 12.9. The van der Waals surface area contributed by atoms with Gasteiger partial charge in [-0.1, -0.05) is 0 Å². The molecule has 0 aromatic rings. The summed E-state index contributed by atoms with van der Waals surface area (Å²) in [6, 6.07) is -5.19. The fourth-order valence-corrected chi connectivity index (χ4v) is 0.988. The van der Waals surface area contributed by atoms with Crippen LogP contribution in [0.1, 0.15) is 0 Å². The summed E-state index contributed by atoms with van der Waals surface area (Å²) < 4.78 is 142. The van der Waals surface area contributed by atoms with Crippen LogP contribution in [0.4, 0.5) is 48.3 Å². The van der Waals surface area contributed by atoms with Crippen molar-refractivity contribution in [1.29, 1.82) is 0 Å². The molecule has 0 N–H and O–H groups in total. The Morgan fingerprint density at radius 2 is 1.00 bits per heavy atom. The molecule has 0 bridgehead atoms. The lowest BCUT2D eigenvalue weighted by Crippen LogP contribution is -2.64. The van der Waals surface area contributed by atoms with E-state index in [0.29, 0.717) is 0 Å². The SMILES string of the molecule is FC1=C(F)OC(C(F)(F)C(F)(F)C(F)(F)C(F)(F)F)O1. The number of alkyl halides is 9. The van der Waals surface area contributed by atoms with Crippen LogP contribution < -0.4 is 0 Å². The van der Waals surface area contributed by atoms with Crippen molar-refractivity contribution in [3.63, 3.8) is 0 Å². The summed E-state index contributed by atoms with van der Waals surface area (Å²) in [5, 5.41) is 0. The molecule has 2 nitrogen and oxygen atoms in total. The maximum Gasteiger partial charge on any atom is 0.460 e. The normalized spacial score (nSPS) is 19.1. The second-order valence-corrected chi connectivity index (χ2v) is 3.38. The molecule has 1 aliphatic rings. The molecule has 1 aliphatic heterocycles. The molecular weight excluding hydrogens is 325 g/mol. The topological polar surface area (TPSA) is 18.5 Å². The quantitative estimate of drug-likeness (QED) is 0.733. The van der Waals surface area contributed by atoms with Gasteiger partial charge in [-0.3, -0.25) is 0 Å². The van der Waals surface area contributed by atoms with Crippen molar-refractivity contribution in [3.8, 4) is 0 Å². The summed E-state index contributed by atoms with van der Waals surface area (Å²) in [5.41, 5.74) is 0. The monoisotopic (exact) mass is 326 g/mol. The van der Waals surface area contributed by atoms with Gasteiger partial charge in [-0.05, 0) is 0 Å². The highest BCUT2D eigenvalue weighted by atomic mass is 19.4. The number of ether oxygens (including phenoxy) is 2. The van der Waals surface area contributed by atoms with Crippen molar-refractivity contribution in [2.24, 2.45) is 0 Å². The van der Waals surface area contributed by atoms with E-state index in [1.54, 1.807) is 0 Å². The van der Waals surface area contributed by atoms with Crippen molar-refractivity contribution in [3.05, 3.63) is 12.0 Å². The minimum atomic E-state index is -7.20. The third-order valence-electron chi connectivity index (χ3n) is 2.04. The second kappa shape index (κ2) is 4.28. The summed E-state index contributed by atoms with van der Waals surface area (Å²) in [5.74, 6) is -20.7. The lowest BCUT2D eigenvalue weighted by Gasteiger charge is -2.34. The molecule has 0 amide bonds. The minimum Gasteiger partial charge on any atom is -0.419 e. The zero-order valence-corrected chi connectivity index (χ0v) is 8.55. The Morgan fingerprint density at radius 1 is 0.650 bits per heavy atom. The van der Waals surface area contributed by atoms with Crippen LogP contribution in [0.5, 0.6) is 0 Å². The van der Waals surface area contributed by atoms with E-state index in [9.17, 15) is 48.3 Å². The Morgan fingerprint density at radius 3 is 1.30 bits per heavy atom. The average molecular weight is 326 g/mol. The lowest BCUT2D eigenvalue weighted by molar-refractivity contribution is -0.417. The molecule has 0 radical (unpaired) electrons. The van der Waals surface area contributed by atoms with Crippen LogP contribution in [0.2, 0.25) is 0 Å². The number of hydrogen-bond donors (Lipinski definition) is 0. The molecule has 0 spiro atoms. The van der Waals surface area contributed by atoms with Crippen LogP contribution in [0.15, 0.2) is 12.0 Å². The van der Waals surface area contributed by atoms with Crippen LogP contribution in [0, 0.1) is 0 Å². The molecule has 0 aromatic carbocycles. The van der Waals surface area contributed by atoms with Crippen LogP contribution in [0.3, 0.4) is 0 Å². The van der Waals surface area contributed by atoms with Gasteiger partial charge in [-0.25, -0.2) is 0 Å². The third kappa shape index (κ3) is 2.12. The summed E-state index contributed by atoms with van der Waals surface area (Å²) in [6.07, 6.45) is -11.1. The van der Waals surface area contributed by atoms with E-state index in [2.05, 4.69) is 9.47 Å². The third-order valence-corrected chi connectivity index (χ3v) is 2.04. The molecule has 0 aromatic heterocycles. The molecule has 0 fully saturated rings. The minimum absolute atomic E-state index is 2.60. The van der Waals surface area contributed by atoms with E-state index >= 15 is 0 Å². The van der Waals surface area contributed by atoms with Gasteiger partial charge < -0.3 is 9.47 Å². The molecule has 118 valence electrons. The predicted molar refractivity (Wildman–Crippen MR) is 36.1 cm³/mol. The smallest absolute Gasteiger partial charge is 0.419 e. The van der Waals surface area contributed by atoms with Crippen LogP contribution in [-0.2, 0) is 9.47 Å². The van der Waals surface area contributed by atoms with Gasteiger partial charge in [-0.15, -0.1) is 0 Å². The van der Waals surface area contributed by atoms with Crippen molar-refractivity contribution in [2.75, 3.05) is 0 Å². The lowest BCUT2D eigenvalue weighted by atomic mass is 10.0. The van der Waals surface area contributed by atoms with Crippen molar-refractivity contribution in [2.45, 2.75) is 30.2 Å². The van der Waals surface area contributed by atoms with Gasteiger partial charge >= 0.3 is 42.3 Å². The molecule has 0 saturated carbocycles. The van der Waals surface area contributed by atoms with Gasteiger partial charge in [0.2, 0.25) is 0 Å². The first kappa shape index (κ1) is 16.6. The standard InChI is InChI=1S/C7HF11O2/c8-1-2(9)20-3(19-1)4(10,11)5(12,13)6(14,15)7(16,17)18/h3H. The molecule has 1 heterocycles. The fraction of sp³-hybridized carbons (Fsp3) is 0.714.